The molecule has 11 nitrogen and oxygen atoms in total. The summed E-state index contributed by atoms with van der Waals surface area (Å²) >= 11 is 0. The molecule has 1 amide bonds. The number of nitrogen functional groups attached to an aromatic ring is 1. The first-order valence-corrected chi connectivity index (χ1v) is 11.1. The second-order valence-electron chi connectivity index (χ2n) is 8.14. The van der Waals surface area contributed by atoms with E-state index in [9.17, 15) is 4.79 Å². The average Bonchev–Trinajstić information content (AvgIpc) is 3.65. The van der Waals surface area contributed by atoms with E-state index in [1.54, 1.807) is 25.2 Å². The third-order valence-corrected chi connectivity index (χ3v) is 6.12. The number of nitrogens with zero attached hydrogens (tertiary/aromatic N) is 6. The summed E-state index contributed by atoms with van der Waals surface area (Å²) in [6, 6.07) is 4.88. The van der Waals surface area contributed by atoms with Crippen molar-refractivity contribution < 1.29 is 18.7 Å². The van der Waals surface area contributed by atoms with Crippen molar-refractivity contribution in [2.75, 3.05) is 26.5 Å². The highest BCUT2D eigenvalue weighted by molar-refractivity contribution is 5.92. The number of methoxy groups -OCH3 is 2. The van der Waals surface area contributed by atoms with Crippen LogP contribution >= 0.6 is 0 Å². The third-order valence-electron chi connectivity index (χ3n) is 6.12. The minimum Gasteiger partial charge on any atom is -0.497 e. The monoisotopic (exact) mass is 485 g/mol. The number of nitrogens with two attached hydrogens (primary N) is 1. The zero-order valence-electron chi connectivity index (χ0n) is 19.7. The average molecular weight is 486 g/mol. The SMILES string of the molecule is C=CC(=O)N1C[C@H](n2cc(C#Cc3cc(OC)cc(OC)c3)c3c(N)ncnc32)C[C@@H]1c1nnco1. The van der Waals surface area contributed by atoms with E-state index in [2.05, 4.69) is 38.6 Å². The van der Waals surface area contributed by atoms with Crippen molar-refractivity contribution in [3.05, 3.63) is 66.8 Å². The van der Waals surface area contributed by atoms with Crippen LogP contribution in [0.5, 0.6) is 11.5 Å². The highest BCUT2D eigenvalue weighted by atomic mass is 16.5. The van der Waals surface area contributed by atoms with Crippen molar-refractivity contribution in [3.63, 3.8) is 0 Å². The lowest BCUT2D eigenvalue weighted by Gasteiger charge is -2.19. The van der Waals surface area contributed by atoms with Gasteiger partial charge in [-0.25, -0.2) is 9.97 Å². The van der Waals surface area contributed by atoms with Crippen LogP contribution in [0.1, 0.15) is 35.5 Å². The molecule has 1 fully saturated rings. The fourth-order valence-electron chi connectivity index (χ4n) is 4.44. The molecule has 2 atom stereocenters. The van der Waals surface area contributed by atoms with E-state index in [0.29, 0.717) is 58.3 Å². The number of ether oxygens (including phenoxy) is 2. The summed E-state index contributed by atoms with van der Waals surface area (Å²) in [4.78, 5) is 22.9. The molecule has 11 heteroatoms. The van der Waals surface area contributed by atoms with Gasteiger partial charge in [0.15, 0.2) is 0 Å². The Morgan fingerprint density at radius 1 is 1.22 bits per heavy atom. The van der Waals surface area contributed by atoms with Crippen LogP contribution < -0.4 is 15.2 Å². The van der Waals surface area contributed by atoms with Crippen LogP contribution in [0, 0.1) is 11.8 Å². The van der Waals surface area contributed by atoms with Gasteiger partial charge in [0.05, 0.1) is 31.2 Å². The third kappa shape index (κ3) is 4.09. The molecule has 36 heavy (non-hydrogen) atoms. The van der Waals surface area contributed by atoms with Crippen molar-refractivity contribution in [1.29, 1.82) is 0 Å². The van der Waals surface area contributed by atoms with Crippen molar-refractivity contribution in [3.8, 4) is 23.3 Å². The molecule has 0 aliphatic carbocycles. The summed E-state index contributed by atoms with van der Waals surface area (Å²) in [5, 5.41) is 8.43. The van der Waals surface area contributed by atoms with E-state index in [-0.39, 0.29) is 11.9 Å². The van der Waals surface area contributed by atoms with Gasteiger partial charge in [0.1, 0.15) is 35.3 Å². The summed E-state index contributed by atoms with van der Waals surface area (Å²) < 4.78 is 18.1. The highest BCUT2D eigenvalue weighted by Gasteiger charge is 2.39. The predicted octanol–water partition coefficient (Wildman–Crippen LogP) is 2.51. The number of aromatic nitrogens is 5. The summed E-state index contributed by atoms with van der Waals surface area (Å²) in [5.41, 5.74) is 8.24. The number of carbonyl (C=O) groups is 1. The van der Waals surface area contributed by atoms with Crippen molar-refractivity contribution in [2.24, 2.45) is 0 Å². The fourth-order valence-corrected chi connectivity index (χ4v) is 4.44. The lowest BCUT2D eigenvalue weighted by Crippen LogP contribution is -2.30. The molecule has 0 radical (unpaired) electrons. The summed E-state index contributed by atoms with van der Waals surface area (Å²) in [5.74, 6) is 8.08. The predicted molar refractivity (Wildman–Crippen MR) is 130 cm³/mol. The molecule has 0 saturated carbocycles. The summed E-state index contributed by atoms with van der Waals surface area (Å²) in [6.07, 6.45) is 6.36. The maximum absolute atomic E-state index is 12.6. The molecular weight excluding hydrogens is 462 g/mol. The largest absolute Gasteiger partial charge is 0.497 e. The van der Waals surface area contributed by atoms with E-state index in [1.807, 2.05) is 22.9 Å². The first kappa shape index (κ1) is 22.9. The van der Waals surface area contributed by atoms with Crippen LogP contribution in [0.25, 0.3) is 11.0 Å². The van der Waals surface area contributed by atoms with Gasteiger partial charge >= 0.3 is 0 Å². The first-order chi connectivity index (χ1) is 17.5. The van der Waals surface area contributed by atoms with Gasteiger partial charge in [-0.2, -0.15) is 0 Å². The molecule has 1 aliphatic rings. The Kier molecular flexibility index (Phi) is 6.00. The van der Waals surface area contributed by atoms with Crippen LogP contribution in [0.3, 0.4) is 0 Å². The zero-order chi connectivity index (χ0) is 25.2. The van der Waals surface area contributed by atoms with Gasteiger partial charge in [-0.1, -0.05) is 18.4 Å². The van der Waals surface area contributed by atoms with E-state index < -0.39 is 6.04 Å². The molecule has 0 spiro atoms. The van der Waals surface area contributed by atoms with E-state index in [0.717, 1.165) is 0 Å². The molecule has 0 bridgehead atoms. The number of amides is 1. The molecule has 0 unspecified atom stereocenters. The van der Waals surface area contributed by atoms with Gasteiger partial charge in [0.2, 0.25) is 18.2 Å². The first-order valence-electron chi connectivity index (χ1n) is 11.1. The maximum Gasteiger partial charge on any atom is 0.246 e. The van der Waals surface area contributed by atoms with Crippen molar-refractivity contribution in [1.82, 2.24) is 29.6 Å². The number of anilines is 1. The van der Waals surface area contributed by atoms with Crippen LogP contribution in [-0.2, 0) is 4.79 Å². The molecule has 182 valence electrons. The lowest BCUT2D eigenvalue weighted by molar-refractivity contribution is -0.127. The molecule has 1 aliphatic heterocycles. The van der Waals surface area contributed by atoms with Crippen molar-refractivity contribution >= 4 is 22.8 Å². The minimum absolute atomic E-state index is 0.143. The van der Waals surface area contributed by atoms with Gasteiger partial charge in [-0.15, -0.1) is 10.2 Å². The van der Waals surface area contributed by atoms with E-state index in [4.69, 9.17) is 19.6 Å². The van der Waals surface area contributed by atoms with Gasteiger partial charge in [-0.3, -0.25) is 4.79 Å². The normalized spacial score (nSPS) is 17.0. The number of hydrogen-bond donors (Lipinski definition) is 1. The van der Waals surface area contributed by atoms with Crippen molar-refractivity contribution in [2.45, 2.75) is 18.5 Å². The van der Waals surface area contributed by atoms with Gasteiger partial charge in [0, 0.05) is 24.4 Å². The number of hydrogen-bond acceptors (Lipinski definition) is 9. The Morgan fingerprint density at radius 3 is 2.67 bits per heavy atom. The molecule has 5 rings (SSSR count). The molecule has 3 aromatic heterocycles. The second-order valence-corrected chi connectivity index (χ2v) is 8.14. The van der Waals surface area contributed by atoms with E-state index in [1.165, 1.54) is 18.8 Å². The number of fused-ring (bicyclic) bond motifs is 1. The lowest BCUT2D eigenvalue weighted by atomic mass is 10.1. The van der Waals surface area contributed by atoms with E-state index >= 15 is 0 Å². The second kappa shape index (κ2) is 9.42. The van der Waals surface area contributed by atoms with Gasteiger partial charge < -0.3 is 29.1 Å². The van der Waals surface area contributed by atoms with Gasteiger partial charge in [-0.05, 0) is 24.6 Å². The standard InChI is InChI=1S/C25H23N7O4/c1-4-21(33)32-12-17(9-20(32)25-30-29-14-36-25)31-11-16(22-23(26)27-13-28-24(22)31)6-5-15-7-18(34-2)10-19(8-15)35-3/h4,7-8,10-11,13-14,17,20H,1,9,12H2,2-3H3,(H2,26,27,28)/t17-,20-/m1/s1. The Balaban J connectivity index is 1.57. The van der Waals surface area contributed by atoms with Crippen LogP contribution in [0.2, 0.25) is 0 Å². The Labute approximate surface area is 206 Å². The van der Waals surface area contributed by atoms with Crippen LogP contribution in [0.4, 0.5) is 5.82 Å². The number of benzene rings is 1. The minimum atomic E-state index is -0.390. The Bertz CT molecular complexity index is 1480. The van der Waals surface area contributed by atoms with Crippen LogP contribution in [0.15, 0.2) is 54.2 Å². The zero-order valence-corrected chi connectivity index (χ0v) is 19.7. The number of rotatable bonds is 5. The summed E-state index contributed by atoms with van der Waals surface area (Å²) in [7, 11) is 3.17. The molecular formula is C25H23N7O4. The highest BCUT2D eigenvalue weighted by Crippen LogP contribution is 2.39. The summed E-state index contributed by atoms with van der Waals surface area (Å²) in [6.45, 7) is 4.02. The Hall–Kier alpha value is -4.85. The molecule has 4 aromatic rings. The molecule has 2 N–H and O–H groups in total. The van der Waals surface area contributed by atoms with Gasteiger partial charge in [0.25, 0.3) is 0 Å². The smallest absolute Gasteiger partial charge is 0.246 e. The quantitative estimate of drug-likeness (QED) is 0.334. The fraction of sp³-hybridized carbons (Fsp3) is 0.240. The van der Waals surface area contributed by atoms with Crippen LogP contribution in [-0.4, -0.2) is 56.3 Å². The maximum atomic E-state index is 12.6. The number of carbonyl (C=O) groups excluding carboxylic acids is 1. The molecule has 1 aromatic carbocycles. The Morgan fingerprint density at radius 2 is 2.00 bits per heavy atom. The number of likely N-dealkylation sites (tertiary alicyclic amines) is 1. The topological polar surface area (TPSA) is 134 Å². The molecule has 4 heterocycles. The molecule has 1 saturated heterocycles.